The van der Waals surface area contributed by atoms with Gasteiger partial charge in [-0.3, -0.25) is 4.79 Å². The van der Waals surface area contributed by atoms with Crippen LogP contribution in [0.3, 0.4) is 0 Å². The normalized spacial score (nSPS) is 12.7. The fourth-order valence-electron chi connectivity index (χ4n) is 2.24. The molecule has 0 aliphatic heterocycles. The molecule has 0 saturated heterocycles. The molecule has 0 radical (unpaired) electrons. The van der Waals surface area contributed by atoms with Gasteiger partial charge in [0.05, 0.1) is 7.11 Å². The summed E-state index contributed by atoms with van der Waals surface area (Å²) >= 11 is 0. The van der Waals surface area contributed by atoms with Crippen molar-refractivity contribution in [3.63, 3.8) is 0 Å². The van der Waals surface area contributed by atoms with Crippen molar-refractivity contribution in [2.45, 2.75) is 19.3 Å². The highest BCUT2D eigenvalue weighted by atomic mass is 16.6. The van der Waals surface area contributed by atoms with Crippen molar-refractivity contribution in [1.82, 2.24) is 0 Å². The monoisotopic (exact) mass is 296 g/mol. The van der Waals surface area contributed by atoms with Gasteiger partial charge in [-0.05, 0) is 30.0 Å². The lowest BCUT2D eigenvalue weighted by Crippen LogP contribution is -2.03. The maximum atomic E-state index is 12.5. The zero-order valence-electron chi connectivity index (χ0n) is 12.8. The molecule has 0 fully saturated rings. The van der Waals surface area contributed by atoms with Gasteiger partial charge in [-0.15, -0.1) is 0 Å². The zero-order chi connectivity index (χ0) is 15.9. The number of aliphatic hydroxyl groups excluding tert-OH is 1. The second-order valence-electron chi connectivity index (χ2n) is 5.20. The number of carbonyl (C=O) groups excluding carboxylic acids is 1. The molecule has 1 N–H and O–H groups in total. The molecule has 0 heterocycles. The molecule has 0 aromatic heterocycles. The number of carbonyl (C=O) groups is 1. The Bertz CT molecular complexity index is 659. The standard InChI is InChI=1S/C19H20O3/c1-14(11-12-18(20)22-2)16-9-6-10-17(13-16)19(21)15-7-4-3-5-8-15/h3-10,12-14,20H,11H2,1-2H3. The van der Waals surface area contributed by atoms with Gasteiger partial charge in [0.1, 0.15) is 0 Å². The van der Waals surface area contributed by atoms with E-state index in [-0.39, 0.29) is 17.6 Å². The van der Waals surface area contributed by atoms with E-state index < -0.39 is 0 Å². The van der Waals surface area contributed by atoms with E-state index in [1.807, 2.05) is 61.5 Å². The van der Waals surface area contributed by atoms with Crippen molar-refractivity contribution in [3.05, 3.63) is 83.3 Å². The Balaban J connectivity index is 2.18. The fraction of sp³-hybridized carbons (Fsp3) is 0.211. The van der Waals surface area contributed by atoms with Crippen molar-refractivity contribution >= 4 is 5.78 Å². The predicted molar refractivity (Wildman–Crippen MR) is 87.1 cm³/mol. The Morgan fingerprint density at radius 2 is 1.82 bits per heavy atom. The molecular formula is C19H20O3. The van der Waals surface area contributed by atoms with Gasteiger partial charge in [0, 0.05) is 11.1 Å². The van der Waals surface area contributed by atoms with Crippen LogP contribution in [0, 0.1) is 0 Å². The molecule has 0 aliphatic carbocycles. The molecule has 3 heteroatoms. The molecular weight excluding hydrogens is 276 g/mol. The maximum Gasteiger partial charge on any atom is 0.272 e. The fourth-order valence-corrected chi connectivity index (χ4v) is 2.24. The van der Waals surface area contributed by atoms with Crippen LogP contribution in [0.4, 0.5) is 0 Å². The molecule has 1 atom stereocenters. The number of ketones is 1. The van der Waals surface area contributed by atoms with Crippen LogP contribution in [-0.4, -0.2) is 18.0 Å². The lowest BCUT2D eigenvalue weighted by molar-refractivity contribution is 0.103. The molecule has 0 aliphatic rings. The topological polar surface area (TPSA) is 46.5 Å². The number of methoxy groups -OCH3 is 1. The van der Waals surface area contributed by atoms with E-state index in [9.17, 15) is 9.90 Å². The van der Waals surface area contributed by atoms with Crippen LogP contribution in [-0.2, 0) is 4.74 Å². The Morgan fingerprint density at radius 3 is 2.50 bits per heavy atom. The van der Waals surface area contributed by atoms with Crippen molar-refractivity contribution in [1.29, 1.82) is 0 Å². The van der Waals surface area contributed by atoms with Gasteiger partial charge in [0.15, 0.2) is 5.78 Å². The minimum Gasteiger partial charge on any atom is -0.481 e. The molecule has 0 amide bonds. The SMILES string of the molecule is COC(O)=CCC(C)c1cccc(C(=O)c2ccccc2)c1. The first-order valence-corrected chi connectivity index (χ1v) is 7.24. The predicted octanol–water partition coefficient (Wildman–Crippen LogP) is 4.46. The van der Waals surface area contributed by atoms with E-state index in [1.54, 1.807) is 6.08 Å². The average molecular weight is 296 g/mol. The summed E-state index contributed by atoms with van der Waals surface area (Å²) in [4.78, 5) is 12.5. The number of benzene rings is 2. The Morgan fingerprint density at radius 1 is 1.14 bits per heavy atom. The summed E-state index contributed by atoms with van der Waals surface area (Å²) in [5, 5.41) is 9.33. The Hall–Kier alpha value is -2.55. The second-order valence-corrected chi connectivity index (χ2v) is 5.20. The van der Waals surface area contributed by atoms with E-state index in [2.05, 4.69) is 0 Å². The van der Waals surface area contributed by atoms with Crippen LogP contribution >= 0.6 is 0 Å². The molecule has 2 aromatic carbocycles. The highest BCUT2D eigenvalue weighted by Gasteiger charge is 2.11. The first-order chi connectivity index (χ1) is 10.6. The third kappa shape index (κ3) is 3.98. The molecule has 0 saturated carbocycles. The average Bonchev–Trinajstić information content (AvgIpc) is 2.59. The van der Waals surface area contributed by atoms with E-state index in [1.165, 1.54) is 7.11 Å². The summed E-state index contributed by atoms with van der Waals surface area (Å²) in [5.41, 5.74) is 2.42. The van der Waals surface area contributed by atoms with Crippen LogP contribution < -0.4 is 0 Å². The van der Waals surface area contributed by atoms with Gasteiger partial charge in [0.2, 0.25) is 0 Å². The van der Waals surface area contributed by atoms with Crippen molar-refractivity contribution in [3.8, 4) is 0 Å². The van der Waals surface area contributed by atoms with E-state index in [0.717, 1.165) is 5.56 Å². The van der Waals surface area contributed by atoms with Crippen LogP contribution in [0.15, 0.2) is 66.6 Å². The summed E-state index contributed by atoms with van der Waals surface area (Å²) in [6.45, 7) is 2.05. The van der Waals surface area contributed by atoms with Crippen LogP contribution in [0.25, 0.3) is 0 Å². The summed E-state index contributed by atoms with van der Waals surface area (Å²) in [6.07, 6.45) is 2.28. The number of allylic oxidation sites excluding steroid dienone is 1. The van der Waals surface area contributed by atoms with E-state index in [4.69, 9.17) is 4.74 Å². The number of ether oxygens (including phenoxy) is 1. The molecule has 22 heavy (non-hydrogen) atoms. The van der Waals surface area contributed by atoms with Crippen LogP contribution in [0.5, 0.6) is 0 Å². The van der Waals surface area contributed by atoms with Crippen molar-refractivity contribution < 1.29 is 14.6 Å². The van der Waals surface area contributed by atoms with E-state index >= 15 is 0 Å². The first kappa shape index (κ1) is 15.8. The van der Waals surface area contributed by atoms with Gasteiger partial charge < -0.3 is 9.84 Å². The van der Waals surface area contributed by atoms with Crippen LogP contribution in [0.2, 0.25) is 0 Å². The summed E-state index contributed by atoms with van der Waals surface area (Å²) in [6, 6.07) is 16.9. The maximum absolute atomic E-state index is 12.5. The van der Waals surface area contributed by atoms with Gasteiger partial charge in [-0.1, -0.05) is 55.5 Å². The van der Waals surface area contributed by atoms with Gasteiger partial charge >= 0.3 is 0 Å². The highest BCUT2D eigenvalue weighted by Crippen LogP contribution is 2.22. The summed E-state index contributed by atoms with van der Waals surface area (Å²) in [7, 11) is 1.43. The van der Waals surface area contributed by atoms with Crippen LogP contribution in [0.1, 0.15) is 40.7 Å². The van der Waals surface area contributed by atoms with Gasteiger partial charge in [0.25, 0.3) is 5.95 Å². The van der Waals surface area contributed by atoms with Crippen molar-refractivity contribution in [2.24, 2.45) is 0 Å². The molecule has 0 bridgehead atoms. The van der Waals surface area contributed by atoms with Crippen molar-refractivity contribution in [2.75, 3.05) is 7.11 Å². The third-order valence-corrected chi connectivity index (χ3v) is 3.61. The lowest BCUT2D eigenvalue weighted by Gasteiger charge is -2.11. The highest BCUT2D eigenvalue weighted by molar-refractivity contribution is 6.09. The summed E-state index contributed by atoms with van der Waals surface area (Å²) in [5.74, 6) is 0.120. The third-order valence-electron chi connectivity index (χ3n) is 3.61. The molecule has 2 aromatic rings. The number of hydrogen-bond donors (Lipinski definition) is 1. The number of hydrogen-bond acceptors (Lipinski definition) is 3. The zero-order valence-corrected chi connectivity index (χ0v) is 12.8. The number of rotatable bonds is 6. The first-order valence-electron chi connectivity index (χ1n) is 7.24. The Kier molecular flexibility index (Phi) is 5.37. The van der Waals surface area contributed by atoms with Gasteiger partial charge in [-0.25, -0.2) is 0 Å². The second kappa shape index (κ2) is 7.46. The molecule has 0 spiro atoms. The molecule has 114 valence electrons. The lowest BCUT2D eigenvalue weighted by atomic mass is 9.94. The smallest absolute Gasteiger partial charge is 0.272 e. The molecule has 1 unspecified atom stereocenters. The summed E-state index contributed by atoms with van der Waals surface area (Å²) < 4.78 is 4.72. The van der Waals surface area contributed by atoms with E-state index in [0.29, 0.717) is 17.5 Å². The minimum absolute atomic E-state index is 0.0185. The number of aliphatic hydroxyl groups is 1. The molecule has 2 rings (SSSR count). The van der Waals surface area contributed by atoms with Gasteiger partial charge in [-0.2, -0.15) is 0 Å². The largest absolute Gasteiger partial charge is 0.481 e. The Labute approximate surface area is 130 Å². The quantitative estimate of drug-likeness (QED) is 0.632. The molecule has 3 nitrogen and oxygen atoms in total. The minimum atomic E-state index is -0.0802.